The molecule has 1 unspecified atom stereocenters. The lowest BCUT2D eigenvalue weighted by molar-refractivity contribution is 0.239. The molecule has 108 valence electrons. The van der Waals surface area contributed by atoms with E-state index < -0.39 is 0 Å². The molecule has 0 spiro atoms. The zero-order valence-electron chi connectivity index (χ0n) is 11.9. The molecule has 1 aromatic rings. The number of benzene rings is 1. The molecule has 2 amide bonds. The van der Waals surface area contributed by atoms with Crippen molar-refractivity contribution in [2.24, 2.45) is 0 Å². The van der Waals surface area contributed by atoms with Gasteiger partial charge in [-0.3, -0.25) is 4.90 Å². The highest BCUT2D eigenvalue weighted by Crippen LogP contribution is 2.31. The Hall–Kier alpha value is -1.58. The highest BCUT2D eigenvalue weighted by Gasteiger charge is 2.30. The summed E-state index contributed by atoms with van der Waals surface area (Å²) in [5.74, 6) is -0.227. The summed E-state index contributed by atoms with van der Waals surface area (Å²) in [5.41, 5.74) is 1.80. The molecule has 3 rings (SSSR count). The topological polar surface area (TPSA) is 32.3 Å². The molecule has 1 saturated carbocycles. The number of halogens is 1. The maximum absolute atomic E-state index is 13.3. The van der Waals surface area contributed by atoms with E-state index in [2.05, 4.69) is 12.2 Å². The predicted octanol–water partition coefficient (Wildman–Crippen LogP) is 3.62. The van der Waals surface area contributed by atoms with Gasteiger partial charge in [-0.2, -0.15) is 0 Å². The maximum Gasteiger partial charge on any atom is 0.322 e. The van der Waals surface area contributed by atoms with E-state index in [4.69, 9.17) is 0 Å². The van der Waals surface area contributed by atoms with Crippen molar-refractivity contribution in [3.8, 4) is 0 Å². The van der Waals surface area contributed by atoms with E-state index in [9.17, 15) is 9.18 Å². The van der Waals surface area contributed by atoms with Gasteiger partial charge in [-0.15, -0.1) is 0 Å². The van der Waals surface area contributed by atoms with Crippen molar-refractivity contribution in [3.05, 3.63) is 29.6 Å². The van der Waals surface area contributed by atoms with Crippen LogP contribution in [0.2, 0.25) is 0 Å². The third-order valence-corrected chi connectivity index (χ3v) is 4.47. The first-order valence-electron chi connectivity index (χ1n) is 7.53. The van der Waals surface area contributed by atoms with E-state index in [0.29, 0.717) is 6.04 Å². The number of anilines is 1. The van der Waals surface area contributed by atoms with Gasteiger partial charge < -0.3 is 5.32 Å². The van der Waals surface area contributed by atoms with E-state index in [-0.39, 0.29) is 17.9 Å². The van der Waals surface area contributed by atoms with Gasteiger partial charge in [0.05, 0.1) is 0 Å². The Morgan fingerprint density at radius 3 is 2.80 bits per heavy atom. The van der Waals surface area contributed by atoms with E-state index in [1.165, 1.54) is 18.9 Å². The molecule has 1 heterocycles. The molecule has 1 fully saturated rings. The van der Waals surface area contributed by atoms with Crippen LogP contribution in [-0.4, -0.2) is 18.1 Å². The van der Waals surface area contributed by atoms with E-state index in [1.54, 1.807) is 17.0 Å². The van der Waals surface area contributed by atoms with Crippen molar-refractivity contribution >= 4 is 11.7 Å². The minimum atomic E-state index is -0.227. The van der Waals surface area contributed by atoms with E-state index in [0.717, 1.165) is 36.9 Å². The minimum absolute atomic E-state index is 0.0306. The molecule has 0 aromatic heterocycles. The number of carbonyl (C=O) groups is 1. The largest absolute Gasteiger partial charge is 0.335 e. The smallest absolute Gasteiger partial charge is 0.322 e. The normalized spacial score (nSPS) is 22.7. The molecule has 0 saturated heterocycles. The summed E-state index contributed by atoms with van der Waals surface area (Å²) in [6.07, 6.45) is 6.26. The van der Waals surface area contributed by atoms with Crippen LogP contribution in [0.5, 0.6) is 0 Å². The summed E-state index contributed by atoms with van der Waals surface area (Å²) in [6, 6.07) is 5.16. The number of aryl methyl sites for hydroxylation is 1. The Balaban J connectivity index is 1.82. The summed E-state index contributed by atoms with van der Waals surface area (Å²) >= 11 is 0. The molecule has 4 heteroatoms. The van der Waals surface area contributed by atoms with Crippen LogP contribution in [0.4, 0.5) is 14.9 Å². The van der Waals surface area contributed by atoms with Crippen molar-refractivity contribution in [2.45, 2.75) is 57.5 Å². The first-order chi connectivity index (χ1) is 9.65. The number of carbonyl (C=O) groups excluding carboxylic acids is 1. The quantitative estimate of drug-likeness (QED) is 0.834. The van der Waals surface area contributed by atoms with Gasteiger partial charge in [-0.05, 0) is 56.4 Å². The van der Waals surface area contributed by atoms with Gasteiger partial charge in [0.2, 0.25) is 0 Å². The van der Waals surface area contributed by atoms with Gasteiger partial charge in [0.1, 0.15) is 5.82 Å². The molecule has 0 radical (unpaired) electrons. The molecular weight excluding hydrogens is 255 g/mol. The minimum Gasteiger partial charge on any atom is -0.335 e. The number of fused-ring (bicyclic) bond motifs is 1. The van der Waals surface area contributed by atoms with Gasteiger partial charge in [-0.25, -0.2) is 9.18 Å². The van der Waals surface area contributed by atoms with E-state index in [1.807, 2.05) is 0 Å². The summed E-state index contributed by atoms with van der Waals surface area (Å²) in [7, 11) is 0. The van der Waals surface area contributed by atoms with Crippen LogP contribution in [0.25, 0.3) is 0 Å². The second kappa shape index (κ2) is 5.43. The van der Waals surface area contributed by atoms with Crippen molar-refractivity contribution in [3.63, 3.8) is 0 Å². The van der Waals surface area contributed by atoms with Gasteiger partial charge >= 0.3 is 6.03 Å². The molecule has 2 aliphatic rings. The van der Waals surface area contributed by atoms with Crippen LogP contribution in [0.15, 0.2) is 18.2 Å². The highest BCUT2D eigenvalue weighted by atomic mass is 19.1. The number of urea groups is 1. The fourth-order valence-electron chi connectivity index (χ4n) is 3.34. The second-order valence-corrected chi connectivity index (χ2v) is 5.96. The Morgan fingerprint density at radius 2 is 2.05 bits per heavy atom. The lowest BCUT2D eigenvalue weighted by Crippen LogP contribution is -2.50. The molecular formula is C16H21FN2O. The zero-order chi connectivity index (χ0) is 14.1. The maximum atomic E-state index is 13.3. The van der Waals surface area contributed by atoms with Gasteiger partial charge in [0, 0.05) is 17.8 Å². The Bertz CT molecular complexity index is 511. The molecule has 1 aromatic carbocycles. The third kappa shape index (κ3) is 2.51. The zero-order valence-corrected chi connectivity index (χ0v) is 11.9. The molecule has 1 aliphatic carbocycles. The monoisotopic (exact) mass is 276 g/mol. The van der Waals surface area contributed by atoms with Crippen LogP contribution in [0, 0.1) is 5.82 Å². The second-order valence-electron chi connectivity index (χ2n) is 5.96. The summed E-state index contributed by atoms with van der Waals surface area (Å²) < 4.78 is 13.3. The van der Waals surface area contributed by atoms with Crippen molar-refractivity contribution in [2.75, 3.05) is 4.90 Å². The number of amides is 2. The Morgan fingerprint density at radius 1 is 1.30 bits per heavy atom. The van der Waals surface area contributed by atoms with Crippen molar-refractivity contribution in [1.82, 2.24) is 5.32 Å². The molecule has 1 aliphatic heterocycles. The number of nitrogens with zero attached hydrogens (tertiary/aromatic N) is 1. The Kier molecular flexibility index (Phi) is 3.64. The van der Waals surface area contributed by atoms with Crippen LogP contribution < -0.4 is 10.2 Å². The molecule has 0 bridgehead atoms. The fourth-order valence-corrected chi connectivity index (χ4v) is 3.34. The molecule has 1 atom stereocenters. The lowest BCUT2D eigenvalue weighted by Gasteiger charge is -2.36. The van der Waals surface area contributed by atoms with Gasteiger partial charge in [0.25, 0.3) is 0 Å². The number of rotatable bonds is 1. The van der Waals surface area contributed by atoms with E-state index >= 15 is 0 Å². The van der Waals surface area contributed by atoms with Crippen LogP contribution >= 0.6 is 0 Å². The van der Waals surface area contributed by atoms with Crippen LogP contribution in [-0.2, 0) is 6.42 Å². The lowest BCUT2D eigenvalue weighted by atomic mass is 9.97. The summed E-state index contributed by atoms with van der Waals surface area (Å²) in [4.78, 5) is 14.3. The van der Waals surface area contributed by atoms with Crippen molar-refractivity contribution in [1.29, 1.82) is 0 Å². The predicted molar refractivity (Wildman–Crippen MR) is 77.4 cm³/mol. The van der Waals surface area contributed by atoms with Crippen molar-refractivity contribution < 1.29 is 9.18 Å². The Labute approximate surface area is 119 Å². The SMILES string of the molecule is CC1CCc2cc(F)ccc2N1C(=O)NC1CCCC1. The highest BCUT2D eigenvalue weighted by molar-refractivity contribution is 5.94. The fraction of sp³-hybridized carbons (Fsp3) is 0.562. The van der Waals surface area contributed by atoms with Gasteiger partial charge in [0.15, 0.2) is 0 Å². The number of nitrogens with one attached hydrogen (secondary N) is 1. The standard InChI is InChI=1S/C16H21FN2O/c1-11-6-7-12-10-13(17)8-9-15(12)19(11)16(20)18-14-4-2-3-5-14/h8-11,14H,2-7H2,1H3,(H,18,20). The van der Waals surface area contributed by atoms with Gasteiger partial charge in [-0.1, -0.05) is 12.8 Å². The van der Waals surface area contributed by atoms with Crippen LogP contribution in [0.1, 0.15) is 44.6 Å². The number of hydrogen-bond donors (Lipinski definition) is 1. The number of hydrogen-bond acceptors (Lipinski definition) is 1. The average Bonchev–Trinajstić information content (AvgIpc) is 2.91. The first-order valence-corrected chi connectivity index (χ1v) is 7.53. The van der Waals surface area contributed by atoms with Crippen LogP contribution in [0.3, 0.4) is 0 Å². The molecule has 20 heavy (non-hydrogen) atoms. The summed E-state index contributed by atoms with van der Waals surface area (Å²) in [5, 5.41) is 3.13. The molecule has 1 N–H and O–H groups in total. The summed E-state index contributed by atoms with van der Waals surface area (Å²) in [6.45, 7) is 2.06. The molecule has 3 nitrogen and oxygen atoms in total. The average molecular weight is 276 g/mol. The first kappa shape index (κ1) is 13.4. The third-order valence-electron chi connectivity index (χ3n) is 4.47.